The van der Waals surface area contributed by atoms with Gasteiger partial charge >= 0.3 is 0 Å². The SMILES string of the molecule is CCN(CC)CCn1cc(CNCC2CC2)nn1. The van der Waals surface area contributed by atoms with Crippen molar-refractivity contribution in [1.82, 2.24) is 25.2 Å². The van der Waals surface area contributed by atoms with E-state index in [0.717, 1.165) is 50.9 Å². The summed E-state index contributed by atoms with van der Waals surface area (Å²) in [6, 6.07) is 0. The zero-order valence-corrected chi connectivity index (χ0v) is 11.6. The lowest BCUT2D eigenvalue weighted by Crippen LogP contribution is -2.27. The van der Waals surface area contributed by atoms with Crippen LogP contribution in [0.5, 0.6) is 0 Å². The molecule has 18 heavy (non-hydrogen) atoms. The van der Waals surface area contributed by atoms with Crippen LogP contribution in [0.25, 0.3) is 0 Å². The van der Waals surface area contributed by atoms with Crippen LogP contribution >= 0.6 is 0 Å². The molecule has 1 aromatic rings. The van der Waals surface area contributed by atoms with Gasteiger partial charge in [0.05, 0.1) is 12.2 Å². The van der Waals surface area contributed by atoms with Crippen LogP contribution in [0.15, 0.2) is 6.20 Å². The topological polar surface area (TPSA) is 46.0 Å². The number of aromatic nitrogens is 3. The average Bonchev–Trinajstić information content (AvgIpc) is 3.10. The summed E-state index contributed by atoms with van der Waals surface area (Å²) in [7, 11) is 0. The molecule has 5 nitrogen and oxygen atoms in total. The molecule has 0 saturated heterocycles. The summed E-state index contributed by atoms with van der Waals surface area (Å²) in [4.78, 5) is 2.40. The maximum atomic E-state index is 4.19. The van der Waals surface area contributed by atoms with Crippen molar-refractivity contribution < 1.29 is 0 Å². The smallest absolute Gasteiger partial charge is 0.0964 e. The summed E-state index contributed by atoms with van der Waals surface area (Å²) in [5, 5.41) is 11.8. The molecule has 2 rings (SSSR count). The second-order valence-corrected chi connectivity index (χ2v) is 5.07. The molecule has 1 aliphatic carbocycles. The molecular formula is C13H25N5. The fraction of sp³-hybridized carbons (Fsp3) is 0.846. The average molecular weight is 251 g/mol. The van der Waals surface area contributed by atoms with Gasteiger partial charge in [0.2, 0.25) is 0 Å². The number of likely N-dealkylation sites (N-methyl/N-ethyl adjacent to an activating group) is 1. The Labute approximate surface area is 110 Å². The lowest BCUT2D eigenvalue weighted by Gasteiger charge is -2.17. The first-order valence-corrected chi connectivity index (χ1v) is 7.14. The van der Waals surface area contributed by atoms with Gasteiger partial charge in [0.25, 0.3) is 0 Å². The van der Waals surface area contributed by atoms with Crippen LogP contribution in [0.2, 0.25) is 0 Å². The predicted octanol–water partition coefficient (Wildman–Crippen LogP) is 1.12. The van der Waals surface area contributed by atoms with Crippen LogP contribution < -0.4 is 5.32 Å². The van der Waals surface area contributed by atoms with E-state index >= 15 is 0 Å². The molecule has 0 bridgehead atoms. The highest BCUT2D eigenvalue weighted by atomic mass is 15.4. The first-order chi connectivity index (χ1) is 8.81. The van der Waals surface area contributed by atoms with Crippen molar-refractivity contribution in [2.45, 2.75) is 39.8 Å². The molecule has 1 aromatic heterocycles. The normalized spacial score (nSPS) is 15.5. The van der Waals surface area contributed by atoms with Crippen LogP contribution in [0.4, 0.5) is 0 Å². The van der Waals surface area contributed by atoms with Crippen molar-refractivity contribution in [3.63, 3.8) is 0 Å². The van der Waals surface area contributed by atoms with Crippen molar-refractivity contribution in [2.24, 2.45) is 5.92 Å². The van der Waals surface area contributed by atoms with E-state index in [0.29, 0.717) is 0 Å². The van der Waals surface area contributed by atoms with E-state index in [-0.39, 0.29) is 0 Å². The third-order valence-corrected chi connectivity index (χ3v) is 3.56. The van der Waals surface area contributed by atoms with E-state index < -0.39 is 0 Å². The molecule has 1 N–H and O–H groups in total. The Bertz CT molecular complexity index is 341. The van der Waals surface area contributed by atoms with Gasteiger partial charge in [-0.25, -0.2) is 0 Å². The van der Waals surface area contributed by atoms with Gasteiger partial charge in [0, 0.05) is 19.3 Å². The van der Waals surface area contributed by atoms with Gasteiger partial charge in [-0.15, -0.1) is 5.10 Å². The Balaban J connectivity index is 1.67. The lowest BCUT2D eigenvalue weighted by atomic mass is 10.4. The Hall–Kier alpha value is -0.940. The Morgan fingerprint density at radius 2 is 2.17 bits per heavy atom. The summed E-state index contributed by atoms with van der Waals surface area (Å²) in [6.45, 7) is 10.5. The molecule has 1 heterocycles. The monoisotopic (exact) mass is 251 g/mol. The number of nitrogens with zero attached hydrogens (tertiary/aromatic N) is 4. The highest BCUT2D eigenvalue weighted by molar-refractivity contribution is 4.92. The third kappa shape index (κ3) is 4.38. The van der Waals surface area contributed by atoms with E-state index in [4.69, 9.17) is 0 Å². The Morgan fingerprint density at radius 3 is 2.83 bits per heavy atom. The highest BCUT2D eigenvalue weighted by Crippen LogP contribution is 2.27. The van der Waals surface area contributed by atoms with Gasteiger partial charge in [0.15, 0.2) is 0 Å². The number of hydrogen-bond donors (Lipinski definition) is 1. The van der Waals surface area contributed by atoms with Crippen LogP contribution in [0, 0.1) is 5.92 Å². The van der Waals surface area contributed by atoms with Crippen LogP contribution in [0.1, 0.15) is 32.4 Å². The van der Waals surface area contributed by atoms with Gasteiger partial charge < -0.3 is 10.2 Å². The van der Waals surface area contributed by atoms with Crippen molar-refractivity contribution in [3.8, 4) is 0 Å². The minimum Gasteiger partial charge on any atom is -0.311 e. The maximum absolute atomic E-state index is 4.19. The van der Waals surface area contributed by atoms with Crippen LogP contribution in [-0.2, 0) is 13.1 Å². The molecule has 1 fully saturated rings. The summed E-state index contributed by atoms with van der Waals surface area (Å²) >= 11 is 0. The highest BCUT2D eigenvalue weighted by Gasteiger charge is 2.20. The second kappa shape index (κ2) is 6.85. The van der Waals surface area contributed by atoms with E-state index in [1.807, 2.05) is 4.68 Å². The molecule has 0 atom stereocenters. The molecule has 1 saturated carbocycles. The molecule has 0 radical (unpaired) electrons. The largest absolute Gasteiger partial charge is 0.311 e. The van der Waals surface area contributed by atoms with Crippen LogP contribution in [-0.4, -0.2) is 46.1 Å². The second-order valence-electron chi connectivity index (χ2n) is 5.07. The van der Waals surface area contributed by atoms with E-state index in [9.17, 15) is 0 Å². The number of rotatable bonds is 9. The quantitative estimate of drug-likeness (QED) is 0.714. The van der Waals surface area contributed by atoms with Crippen molar-refractivity contribution in [2.75, 3.05) is 26.2 Å². The molecular weight excluding hydrogens is 226 g/mol. The van der Waals surface area contributed by atoms with E-state index in [1.165, 1.54) is 12.8 Å². The van der Waals surface area contributed by atoms with Crippen LogP contribution in [0.3, 0.4) is 0 Å². The number of hydrogen-bond acceptors (Lipinski definition) is 4. The van der Waals surface area contributed by atoms with E-state index in [2.05, 4.69) is 40.6 Å². The zero-order chi connectivity index (χ0) is 12.8. The molecule has 0 spiro atoms. The summed E-state index contributed by atoms with van der Waals surface area (Å²) < 4.78 is 1.95. The fourth-order valence-electron chi connectivity index (χ4n) is 2.04. The van der Waals surface area contributed by atoms with Gasteiger partial charge in [-0.2, -0.15) is 0 Å². The van der Waals surface area contributed by atoms with Gasteiger partial charge in [-0.3, -0.25) is 4.68 Å². The zero-order valence-electron chi connectivity index (χ0n) is 11.6. The van der Waals surface area contributed by atoms with Crippen molar-refractivity contribution in [3.05, 3.63) is 11.9 Å². The van der Waals surface area contributed by atoms with E-state index in [1.54, 1.807) is 0 Å². The van der Waals surface area contributed by atoms with Gasteiger partial charge in [-0.1, -0.05) is 19.1 Å². The third-order valence-electron chi connectivity index (χ3n) is 3.56. The van der Waals surface area contributed by atoms with Crippen molar-refractivity contribution in [1.29, 1.82) is 0 Å². The minimum atomic E-state index is 0.849. The number of nitrogens with one attached hydrogen (secondary N) is 1. The predicted molar refractivity (Wildman–Crippen MR) is 72.2 cm³/mol. The molecule has 0 aromatic carbocycles. The summed E-state index contributed by atoms with van der Waals surface area (Å²) in [5.41, 5.74) is 1.05. The van der Waals surface area contributed by atoms with Gasteiger partial charge in [-0.05, 0) is 38.4 Å². The Morgan fingerprint density at radius 1 is 1.39 bits per heavy atom. The summed E-state index contributed by atoms with van der Waals surface area (Å²) in [5.74, 6) is 0.919. The molecule has 0 aliphatic heterocycles. The van der Waals surface area contributed by atoms with Crippen molar-refractivity contribution >= 4 is 0 Å². The maximum Gasteiger partial charge on any atom is 0.0964 e. The molecule has 1 aliphatic rings. The first-order valence-electron chi connectivity index (χ1n) is 7.14. The minimum absolute atomic E-state index is 0.849. The molecule has 102 valence electrons. The molecule has 0 unspecified atom stereocenters. The molecule has 5 heteroatoms. The standard InChI is InChI=1S/C13H25N5/c1-3-17(4-2)7-8-18-11-13(15-16-18)10-14-9-12-5-6-12/h11-12,14H,3-10H2,1-2H3. The lowest BCUT2D eigenvalue weighted by molar-refractivity contribution is 0.284. The Kier molecular flexibility index (Phi) is 5.13. The summed E-state index contributed by atoms with van der Waals surface area (Å²) in [6.07, 6.45) is 4.84. The van der Waals surface area contributed by atoms with Gasteiger partial charge in [0.1, 0.15) is 0 Å². The first kappa shape index (κ1) is 13.5. The molecule has 0 amide bonds. The fourth-order valence-corrected chi connectivity index (χ4v) is 2.04.